The number of benzene rings is 2. The molecule has 0 saturated carbocycles. The molecule has 0 radical (unpaired) electrons. The second-order valence-corrected chi connectivity index (χ2v) is 7.10. The molecule has 7 nitrogen and oxygen atoms in total. The van der Waals surface area contributed by atoms with Gasteiger partial charge in [0.1, 0.15) is 11.6 Å². The summed E-state index contributed by atoms with van der Waals surface area (Å²) in [6.07, 6.45) is 0.719. The van der Waals surface area contributed by atoms with Gasteiger partial charge in [-0.3, -0.25) is 14.4 Å². The normalized spacial score (nSPS) is 14.2. The first-order chi connectivity index (χ1) is 15.3. The number of nitrogens with zero attached hydrogens (tertiary/aromatic N) is 1. The van der Waals surface area contributed by atoms with Gasteiger partial charge in [0.15, 0.2) is 6.61 Å². The number of para-hydroxylation sites is 2. The highest BCUT2D eigenvalue weighted by Gasteiger charge is 2.29. The highest BCUT2D eigenvalue weighted by atomic mass is 19.3. The number of amides is 2. The third kappa shape index (κ3) is 6.22. The molecule has 1 saturated heterocycles. The molecule has 1 fully saturated rings. The molecule has 1 aliphatic rings. The second kappa shape index (κ2) is 10.7. The van der Waals surface area contributed by atoms with E-state index >= 15 is 0 Å². The molecule has 1 heterocycles. The Hall–Kier alpha value is -3.56. The fourth-order valence-corrected chi connectivity index (χ4v) is 3.30. The van der Waals surface area contributed by atoms with Crippen molar-refractivity contribution in [2.24, 2.45) is 5.92 Å². The van der Waals surface area contributed by atoms with Gasteiger partial charge in [-0.05, 0) is 49.2 Å². The van der Waals surface area contributed by atoms with E-state index in [9.17, 15) is 27.6 Å². The van der Waals surface area contributed by atoms with Crippen LogP contribution in [0.15, 0.2) is 48.5 Å². The summed E-state index contributed by atoms with van der Waals surface area (Å²) in [5.74, 6) is -2.65. The second-order valence-electron chi connectivity index (χ2n) is 7.10. The van der Waals surface area contributed by atoms with Gasteiger partial charge in [-0.2, -0.15) is 8.78 Å². The maximum Gasteiger partial charge on any atom is 0.387 e. The van der Waals surface area contributed by atoms with Crippen molar-refractivity contribution in [2.75, 3.05) is 25.0 Å². The molecule has 1 N–H and O–H groups in total. The number of carbonyl (C=O) groups excluding carboxylic acids is 3. The molecule has 3 rings (SSSR count). The van der Waals surface area contributed by atoms with Gasteiger partial charge >= 0.3 is 12.6 Å². The first kappa shape index (κ1) is 23.1. The van der Waals surface area contributed by atoms with Gasteiger partial charge in [-0.15, -0.1) is 0 Å². The molecule has 0 aliphatic carbocycles. The highest BCUT2D eigenvalue weighted by molar-refractivity contribution is 5.95. The van der Waals surface area contributed by atoms with Crippen LogP contribution in [0.4, 0.5) is 18.9 Å². The van der Waals surface area contributed by atoms with Crippen LogP contribution in [-0.4, -0.2) is 49.0 Å². The van der Waals surface area contributed by atoms with Gasteiger partial charge < -0.3 is 19.7 Å². The minimum atomic E-state index is -3.05. The van der Waals surface area contributed by atoms with E-state index in [0.717, 1.165) is 0 Å². The lowest BCUT2D eigenvalue weighted by molar-refractivity contribution is -0.152. The van der Waals surface area contributed by atoms with Crippen molar-refractivity contribution >= 4 is 23.5 Å². The first-order valence-electron chi connectivity index (χ1n) is 9.88. The van der Waals surface area contributed by atoms with E-state index in [1.54, 1.807) is 4.90 Å². The van der Waals surface area contributed by atoms with Gasteiger partial charge in [-0.1, -0.05) is 12.1 Å². The molecule has 32 heavy (non-hydrogen) atoms. The largest absolute Gasteiger partial charge is 0.455 e. The zero-order valence-corrected chi connectivity index (χ0v) is 16.9. The number of nitrogens with one attached hydrogen (secondary N) is 1. The Labute approximate surface area is 182 Å². The molecular formula is C22H21F3N2O5. The van der Waals surface area contributed by atoms with E-state index in [-0.39, 0.29) is 17.3 Å². The van der Waals surface area contributed by atoms with Crippen molar-refractivity contribution in [1.82, 2.24) is 4.90 Å². The van der Waals surface area contributed by atoms with E-state index in [4.69, 9.17) is 4.74 Å². The summed E-state index contributed by atoms with van der Waals surface area (Å²) in [6, 6.07) is 10.9. The maximum atomic E-state index is 13.0. The van der Waals surface area contributed by atoms with Crippen molar-refractivity contribution < 1.29 is 37.0 Å². The SMILES string of the molecule is O=C(COC(=O)C1CCN(C(=O)c2ccc(F)cc2)CC1)Nc1ccccc1OC(F)F. The monoisotopic (exact) mass is 450 g/mol. The van der Waals surface area contributed by atoms with Crippen LogP contribution in [0.2, 0.25) is 0 Å². The van der Waals surface area contributed by atoms with Crippen molar-refractivity contribution in [3.05, 3.63) is 59.9 Å². The molecule has 0 bridgehead atoms. The molecule has 2 aromatic rings. The summed E-state index contributed by atoms with van der Waals surface area (Å²) < 4.78 is 47.3. The van der Waals surface area contributed by atoms with Crippen LogP contribution in [0.25, 0.3) is 0 Å². The van der Waals surface area contributed by atoms with Crippen molar-refractivity contribution in [3.8, 4) is 5.75 Å². The predicted octanol–water partition coefficient (Wildman–Crippen LogP) is 3.46. The lowest BCUT2D eigenvalue weighted by Gasteiger charge is -2.31. The molecule has 2 aromatic carbocycles. The number of alkyl halides is 2. The summed E-state index contributed by atoms with van der Waals surface area (Å²) in [6.45, 7) is -3.00. The topological polar surface area (TPSA) is 84.9 Å². The number of hydrogen-bond acceptors (Lipinski definition) is 5. The van der Waals surface area contributed by atoms with E-state index in [1.807, 2.05) is 0 Å². The Morgan fingerprint density at radius 1 is 1.03 bits per heavy atom. The van der Waals surface area contributed by atoms with Crippen LogP contribution < -0.4 is 10.1 Å². The lowest BCUT2D eigenvalue weighted by atomic mass is 9.96. The van der Waals surface area contributed by atoms with E-state index in [0.29, 0.717) is 31.5 Å². The molecular weight excluding hydrogens is 429 g/mol. The third-order valence-electron chi connectivity index (χ3n) is 4.93. The molecule has 0 aromatic heterocycles. The van der Waals surface area contributed by atoms with Crippen molar-refractivity contribution in [1.29, 1.82) is 0 Å². The first-order valence-corrected chi connectivity index (χ1v) is 9.88. The number of esters is 1. The Bertz CT molecular complexity index is 960. The van der Waals surface area contributed by atoms with E-state index in [2.05, 4.69) is 10.1 Å². The summed E-state index contributed by atoms with van der Waals surface area (Å²) in [5, 5.41) is 2.36. The third-order valence-corrected chi connectivity index (χ3v) is 4.93. The standard InChI is InChI=1S/C22H21F3N2O5/c23-16-7-5-14(6-8-16)20(29)27-11-9-15(10-12-27)21(30)31-13-19(28)26-17-3-1-2-4-18(17)32-22(24)25/h1-8,15,22H,9-13H2,(H,26,28). The van der Waals surface area contributed by atoms with Gasteiger partial charge in [0, 0.05) is 18.7 Å². The lowest BCUT2D eigenvalue weighted by Crippen LogP contribution is -2.41. The van der Waals surface area contributed by atoms with Gasteiger partial charge in [0.05, 0.1) is 11.6 Å². The average Bonchev–Trinajstić information content (AvgIpc) is 2.78. The molecule has 10 heteroatoms. The number of likely N-dealkylation sites (tertiary alicyclic amines) is 1. The van der Waals surface area contributed by atoms with Crippen LogP contribution >= 0.6 is 0 Å². The number of hydrogen-bond donors (Lipinski definition) is 1. The molecule has 2 amide bonds. The quantitative estimate of drug-likeness (QED) is 0.653. The molecule has 0 spiro atoms. The fourth-order valence-electron chi connectivity index (χ4n) is 3.30. The summed E-state index contributed by atoms with van der Waals surface area (Å²) in [7, 11) is 0. The number of carbonyl (C=O) groups is 3. The Kier molecular flexibility index (Phi) is 7.69. The van der Waals surface area contributed by atoms with Gasteiger partial charge in [0.2, 0.25) is 0 Å². The number of ether oxygens (including phenoxy) is 2. The van der Waals surface area contributed by atoms with Crippen molar-refractivity contribution in [3.63, 3.8) is 0 Å². The van der Waals surface area contributed by atoms with E-state index < -0.39 is 36.8 Å². The zero-order valence-electron chi connectivity index (χ0n) is 16.9. The van der Waals surface area contributed by atoms with E-state index in [1.165, 1.54) is 48.5 Å². The Morgan fingerprint density at radius 2 is 1.69 bits per heavy atom. The minimum absolute atomic E-state index is 0.0291. The number of piperidine rings is 1. The molecule has 170 valence electrons. The Balaban J connectivity index is 1.45. The summed E-state index contributed by atoms with van der Waals surface area (Å²) >= 11 is 0. The minimum Gasteiger partial charge on any atom is -0.455 e. The fraction of sp³-hybridized carbons (Fsp3) is 0.318. The van der Waals surface area contributed by atoms with Gasteiger partial charge in [-0.25, -0.2) is 4.39 Å². The van der Waals surface area contributed by atoms with Gasteiger partial charge in [0.25, 0.3) is 11.8 Å². The van der Waals surface area contributed by atoms with Crippen LogP contribution in [-0.2, 0) is 14.3 Å². The average molecular weight is 450 g/mol. The maximum absolute atomic E-state index is 13.0. The summed E-state index contributed by atoms with van der Waals surface area (Å²) in [5.41, 5.74) is 0.390. The number of rotatable bonds is 7. The smallest absolute Gasteiger partial charge is 0.387 e. The number of anilines is 1. The highest BCUT2D eigenvalue weighted by Crippen LogP contribution is 2.25. The molecule has 0 atom stereocenters. The van der Waals surface area contributed by atoms with Crippen LogP contribution in [0.3, 0.4) is 0 Å². The predicted molar refractivity (Wildman–Crippen MR) is 108 cm³/mol. The molecule has 1 aliphatic heterocycles. The zero-order chi connectivity index (χ0) is 23.1. The van der Waals surface area contributed by atoms with Crippen LogP contribution in [0, 0.1) is 11.7 Å². The van der Waals surface area contributed by atoms with Crippen molar-refractivity contribution in [2.45, 2.75) is 19.5 Å². The van der Waals surface area contributed by atoms with Crippen LogP contribution in [0.5, 0.6) is 5.75 Å². The van der Waals surface area contributed by atoms with Crippen LogP contribution in [0.1, 0.15) is 23.2 Å². The Morgan fingerprint density at radius 3 is 2.34 bits per heavy atom. The molecule has 0 unspecified atom stereocenters. The number of halogens is 3. The summed E-state index contributed by atoms with van der Waals surface area (Å²) in [4.78, 5) is 38.3.